The van der Waals surface area contributed by atoms with Crippen molar-refractivity contribution in [3.63, 3.8) is 0 Å². The third-order valence-corrected chi connectivity index (χ3v) is 5.71. The molecule has 0 heterocycles. The molecule has 1 amide bonds. The van der Waals surface area contributed by atoms with Crippen molar-refractivity contribution in [2.75, 3.05) is 13.7 Å². The number of nitrogens with two attached hydrogens (primary N) is 1. The molecule has 1 aromatic carbocycles. The third-order valence-electron chi connectivity index (χ3n) is 5.71. The van der Waals surface area contributed by atoms with Crippen molar-refractivity contribution in [3.05, 3.63) is 29.8 Å². The summed E-state index contributed by atoms with van der Waals surface area (Å²) in [6.07, 6.45) is 8.75. The van der Waals surface area contributed by atoms with Gasteiger partial charge in [0.25, 0.3) is 0 Å². The predicted molar refractivity (Wildman–Crippen MR) is 95.8 cm³/mol. The van der Waals surface area contributed by atoms with E-state index in [1.807, 2.05) is 18.2 Å². The van der Waals surface area contributed by atoms with Gasteiger partial charge < -0.3 is 15.4 Å². The number of amides is 1. The van der Waals surface area contributed by atoms with E-state index in [-0.39, 0.29) is 11.3 Å². The normalized spacial score (nSPS) is 19.8. The molecule has 2 aliphatic carbocycles. The number of nitrogens with zero attached hydrogens (tertiary/aromatic N) is 1. The van der Waals surface area contributed by atoms with E-state index in [0.717, 1.165) is 37.0 Å². The molecule has 2 fully saturated rings. The second kappa shape index (κ2) is 7.56. The molecule has 2 N–H and O–H groups in total. The van der Waals surface area contributed by atoms with Crippen LogP contribution in [-0.4, -0.2) is 30.5 Å². The fourth-order valence-electron chi connectivity index (χ4n) is 4.00. The summed E-state index contributed by atoms with van der Waals surface area (Å²) in [6, 6.07) is 8.40. The summed E-state index contributed by atoms with van der Waals surface area (Å²) in [5.41, 5.74) is 7.21. The van der Waals surface area contributed by atoms with Gasteiger partial charge in [0.15, 0.2) is 0 Å². The van der Waals surface area contributed by atoms with E-state index < -0.39 is 0 Å². The SMILES string of the molecule is COc1ccccc1CN(C(=O)CC1(CN)CCCCC1)C1CC1. The minimum atomic E-state index is 0.0310. The maximum absolute atomic E-state index is 13.1. The first-order valence-corrected chi connectivity index (χ1v) is 9.29. The van der Waals surface area contributed by atoms with Crippen LogP contribution in [0.15, 0.2) is 24.3 Å². The number of hydrogen-bond donors (Lipinski definition) is 1. The fraction of sp³-hybridized carbons (Fsp3) is 0.650. The maximum Gasteiger partial charge on any atom is 0.223 e. The van der Waals surface area contributed by atoms with Crippen LogP contribution >= 0.6 is 0 Å². The number of benzene rings is 1. The Labute approximate surface area is 145 Å². The lowest BCUT2D eigenvalue weighted by molar-refractivity contribution is -0.135. The van der Waals surface area contributed by atoms with Crippen molar-refractivity contribution in [2.24, 2.45) is 11.1 Å². The van der Waals surface area contributed by atoms with Crippen molar-refractivity contribution in [2.45, 2.75) is 64.0 Å². The molecule has 4 heteroatoms. The van der Waals surface area contributed by atoms with Gasteiger partial charge in [-0.05, 0) is 43.7 Å². The van der Waals surface area contributed by atoms with E-state index in [4.69, 9.17) is 10.5 Å². The van der Waals surface area contributed by atoms with Crippen molar-refractivity contribution < 1.29 is 9.53 Å². The first-order valence-electron chi connectivity index (χ1n) is 9.29. The quantitative estimate of drug-likeness (QED) is 0.832. The molecule has 4 nitrogen and oxygen atoms in total. The molecule has 0 aliphatic heterocycles. The van der Waals surface area contributed by atoms with E-state index in [2.05, 4.69) is 11.0 Å². The Morgan fingerprint density at radius 1 is 1.25 bits per heavy atom. The Morgan fingerprint density at radius 2 is 1.96 bits per heavy atom. The zero-order valence-electron chi connectivity index (χ0n) is 14.8. The molecule has 24 heavy (non-hydrogen) atoms. The first kappa shape index (κ1) is 17.3. The van der Waals surface area contributed by atoms with E-state index in [1.54, 1.807) is 7.11 Å². The Balaban J connectivity index is 1.72. The van der Waals surface area contributed by atoms with E-state index in [0.29, 0.717) is 25.6 Å². The topological polar surface area (TPSA) is 55.6 Å². The number of carbonyl (C=O) groups is 1. The zero-order valence-corrected chi connectivity index (χ0v) is 14.8. The number of ether oxygens (including phenoxy) is 1. The van der Waals surface area contributed by atoms with Crippen molar-refractivity contribution in [1.82, 2.24) is 4.90 Å². The molecule has 0 atom stereocenters. The van der Waals surface area contributed by atoms with Crippen LogP contribution in [0, 0.1) is 5.41 Å². The van der Waals surface area contributed by atoms with Gasteiger partial charge in [-0.25, -0.2) is 0 Å². The molecule has 1 aromatic rings. The summed E-state index contributed by atoms with van der Waals surface area (Å²) in [7, 11) is 1.69. The monoisotopic (exact) mass is 330 g/mol. The highest BCUT2D eigenvalue weighted by atomic mass is 16.5. The molecular weight excluding hydrogens is 300 g/mol. The van der Waals surface area contributed by atoms with Crippen molar-refractivity contribution >= 4 is 5.91 Å². The summed E-state index contributed by atoms with van der Waals surface area (Å²) < 4.78 is 5.46. The van der Waals surface area contributed by atoms with Crippen molar-refractivity contribution in [3.8, 4) is 5.75 Å². The Morgan fingerprint density at radius 3 is 2.58 bits per heavy atom. The Bertz CT molecular complexity index is 563. The maximum atomic E-state index is 13.1. The molecule has 132 valence electrons. The molecule has 0 aromatic heterocycles. The lowest BCUT2D eigenvalue weighted by Crippen LogP contribution is -2.41. The molecular formula is C20H30N2O2. The molecule has 0 saturated heterocycles. The van der Waals surface area contributed by atoms with E-state index in [1.165, 1.54) is 19.3 Å². The Kier molecular flexibility index (Phi) is 5.44. The number of para-hydroxylation sites is 1. The molecule has 3 rings (SSSR count). The van der Waals surface area contributed by atoms with Crippen LogP contribution < -0.4 is 10.5 Å². The van der Waals surface area contributed by atoms with Gasteiger partial charge in [-0.3, -0.25) is 4.79 Å². The summed E-state index contributed by atoms with van der Waals surface area (Å²) in [6.45, 7) is 1.28. The molecule has 0 radical (unpaired) electrons. The van der Waals surface area contributed by atoms with Crippen LogP contribution in [0.4, 0.5) is 0 Å². The van der Waals surface area contributed by atoms with E-state index >= 15 is 0 Å². The average molecular weight is 330 g/mol. The predicted octanol–water partition coefficient (Wildman–Crippen LogP) is 3.49. The molecule has 0 unspecified atom stereocenters. The van der Waals surface area contributed by atoms with Crippen LogP contribution in [0.1, 0.15) is 56.9 Å². The number of rotatable bonds is 7. The van der Waals surface area contributed by atoms with Crippen LogP contribution in [0.5, 0.6) is 5.75 Å². The average Bonchev–Trinajstić information content (AvgIpc) is 3.45. The van der Waals surface area contributed by atoms with Gasteiger partial charge >= 0.3 is 0 Å². The molecule has 0 spiro atoms. The fourth-order valence-corrected chi connectivity index (χ4v) is 4.00. The van der Waals surface area contributed by atoms with Crippen LogP contribution in [0.2, 0.25) is 0 Å². The Hall–Kier alpha value is -1.55. The van der Waals surface area contributed by atoms with Crippen molar-refractivity contribution in [1.29, 1.82) is 0 Å². The van der Waals surface area contributed by atoms with Gasteiger partial charge in [0.1, 0.15) is 5.75 Å². The second-order valence-electron chi connectivity index (χ2n) is 7.51. The summed E-state index contributed by atoms with van der Waals surface area (Å²) in [5.74, 6) is 1.14. The van der Waals surface area contributed by atoms with E-state index in [9.17, 15) is 4.79 Å². The molecule has 2 saturated carbocycles. The lowest BCUT2D eigenvalue weighted by atomic mass is 9.71. The van der Waals surface area contributed by atoms with Gasteiger partial charge in [-0.15, -0.1) is 0 Å². The summed E-state index contributed by atoms with van der Waals surface area (Å²) >= 11 is 0. The van der Waals surface area contributed by atoms with Crippen LogP contribution in [0.3, 0.4) is 0 Å². The van der Waals surface area contributed by atoms with Gasteiger partial charge in [-0.1, -0.05) is 37.5 Å². The highest BCUT2D eigenvalue weighted by molar-refractivity contribution is 5.77. The van der Waals surface area contributed by atoms with Crippen LogP contribution in [-0.2, 0) is 11.3 Å². The minimum Gasteiger partial charge on any atom is -0.496 e. The lowest BCUT2D eigenvalue weighted by Gasteiger charge is -2.37. The highest BCUT2D eigenvalue weighted by Crippen LogP contribution is 2.40. The molecule has 2 aliphatic rings. The van der Waals surface area contributed by atoms with Gasteiger partial charge in [0.05, 0.1) is 7.11 Å². The highest BCUT2D eigenvalue weighted by Gasteiger charge is 2.38. The minimum absolute atomic E-state index is 0.0310. The summed E-state index contributed by atoms with van der Waals surface area (Å²) in [5, 5.41) is 0. The smallest absolute Gasteiger partial charge is 0.223 e. The second-order valence-corrected chi connectivity index (χ2v) is 7.51. The largest absolute Gasteiger partial charge is 0.496 e. The molecule has 0 bridgehead atoms. The number of hydrogen-bond acceptors (Lipinski definition) is 3. The summed E-state index contributed by atoms with van der Waals surface area (Å²) in [4.78, 5) is 15.2. The zero-order chi connectivity index (χ0) is 17.0. The first-order chi connectivity index (χ1) is 11.7. The number of carbonyl (C=O) groups excluding carboxylic acids is 1. The van der Waals surface area contributed by atoms with Crippen LogP contribution in [0.25, 0.3) is 0 Å². The standard InChI is InChI=1S/C20H30N2O2/c1-24-18-8-4-3-7-16(18)14-22(17-9-10-17)19(23)13-20(15-21)11-5-2-6-12-20/h3-4,7-8,17H,2,5-6,9-15,21H2,1H3. The van der Waals surface area contributed by atoms with Gasteiger partial charge in [0, 0.05) is 24.6 Å². The third kappa shape index (κ3) is 3.92. The van der Waals surface area contributed by atoms with Gasteiger partial charge in [-0.2, -0.15) is 0 Å². The van der Waals surface area contributed by atoms with Gasteiger partial charge in [0.2, 0.25) is 5.91 Å². The number of methoxy groups -OCH3 is 1.